The van der Waals surface area contributed by atoms with E-state index in [1.165, 1.54) is 34.4 Å². The maximum atomic E-state index is 13.3. The molecule has 1 heterocycles. The first-order chi connectivity index (χ1) is 15.5. The number of aromatic nitrogens is 2. The number of anilines is 2. The third kappa shape index (κ3) is 6.48. The van der Waals surface area contributed by atoms with E-state index in [1.54, 1.807) is 13.2 Å². The molecule has 0 fully saturated rings. The molecule has 8 nitrogen and oxygen atoms in total. The monoisotopic (exact) mass is 457 g/mol. The van der Waals surface area contributed by atoms with E-state index < -0.39 is 5.82 Å². The van der Waals surface area contributed by atoms with Gasteiger partial charge in [0.1, 0.15) is 16.6 Å². The quantitative estimate of drug-likeness (QED) is 0.489. The standard InChI is InChI=1S/C22H24FN5O3S/c1-3-12-28(22(30)24-17-6-4-5-16(23)14-17)13-11-19(29)25-21-27-26-20(32-21)15-7-9-18(31-2)10-8-15/h4-10,14H,3,11-13H2,1-2H3,(H,24,30)(H,25,27,29). The normalized spacial score (nSPS) is 10.5. The number of benzene rings is 2. The molecule has 0 aliphatic heterocycles. The van der Waals surface area contributed by atoms with Crippen LogP contribution in [0.25, 0.3) is 10.6 Å². The maximum Gasteiger partial charge on any atom is 0.321 e. The number of hydrogen-bond donors (Lipinski definition) is 2. The van der Waals surface area contributed by atoms with Crippen molar-refractivity contribution in [3.05, 3.63) is 54.3 Å². The zero-order chi connectivity index (χ0) is 22.9. The summed E-state index contributed by atoms with van der Waals surface area (Å²) >= 11 is 1.26. The molecule has 0 saturated heterocycles. The van der Waals surface area contributed by atoms with Crippen LogP contribution in [-0.2, 0) is 4.79 Å². The third-order valence-corrected chi connectivity index (χ3v) is 5.36. The Bertz CT molecular complexity index is 1060. The average molecular weight is 458 g/mol. The van der Waals surface area contributed by atoms with Crippen molar-refractivity contribution in [2.24, 2.45) is 0 Å². The van der Waals surface area contributed by atoms with Crippen molar-refractivity contribution in [2.45, 2.75) is 19.8 Å². The molecule has 32 heavy (non-hydrogen) atoms. The SMILES string of the molecule is CCCN(CCC(=O)Nc1nnc(-c2ccc(OC)cc2)s1)C(=O)Nc1cccc(F)c1. The van der Waals surface area contributed by atoms with Crippen molar-refractivity contribution in [3.63, 3.8) is 0 Å². The van der Waals surface area contributed by atoms with Crippen LogP contribution in [0.3, 0.4) is 0 Å². The lowest BCUT2D eigenvalue weighted by molar-refractivity contribution is -0.116. The Labute approximate surface area is 189 Å². The number of methoxy groups -OCH3 is 1. The number of ether oxygens (including phenoxy) is 1. The lowest BCUT2D eigenvalue weighted by atomic mass is 10.2. The Balaban J connectivity index is 1.54. The van der Waals surface area contributed by atoms with Gasteiger partial charge >= 0.3 is 6.03 Å². The topological polar surface area (TPSA) is 96.5 Å². The molecule has 10 heteroatoms. The summed E-state index contributed by atoms with van der Waals surface area (Å²) < 4.78 is 18.5. The molecular formula is C22H24FN5O3S. The molecule has 3 amide bonds. The van der Waals surface area contributed by atoms with Gasteiger partial charge in [0.15, 0.2) is 0 Å². The van der Waals surface area contributed by atoms with Gasteiger partial charge in [-0.2, -0.15) is 0 Å². The fourth-order valence-corrected chi connectivity index (χ4v) is 3.66. The van der Waals surface area contributed by atoms with Crippen molar-refractivity contribution < 1.29 is 18.7 Å². The van der Waals surface area contributed by atoms with Gasteiger partial charge in [-0.1, -0.05) is 24.3 Å². The second-order valence-electron chi connectivity index (χ2n) is 6.87. The van der Waals surface area contributed by atoms with Crippen LogP contribution < -0.4 is 15.4 Å². The number of nitrogens with one attached hydrogen (secondary N) is 2. The molecule has 0 radical (unpaired) electrons. The number of nitrogens with zero attached hydrogens (tertiary/aromatic N) is 3. The predicted octanol–water partition coefficient (Wildman–Crippen LogP) is 4.63. The number of carbonyl (C=O) groups is 2. The third-order valence-electron chi connectivity index (χ3n) is 4.47. The summed E-state index contributed by atoms with van der Waals surface area (Å²) in [5.74, 6) is 0.0298. The summed E-state index contributed by atoms with van der Waals surface area (Å²) in [4.78, 5) is 26.4. The Morgan fingerprint density at radius 3 is 2.56 bits per heavy atom. The molecule has 3 rings (SSSR count). The molecule has 1 aromatic heterocycles. The minimum Gasteiger partial charge on any atom is -0.497 e. The van der Waals surface area contributed by atoms with E-state index in [4.69, 9.17) is 4.74 Å². The fraction of sp³-hybridized carbons (Fsp3) is 0.273. The van der Waals surface area contributed by atoms with Gasteiger partial charge in [0.25, 0.3) is 0 Å². The van der Waals surface area contributed by atoms with Gasteiger partial charge < -0.3 is 20.3 Å². The van der Waals surface area contributed by atoms with Crippen LogP contribution in [0.1, 0.15) is 19.8 Å². The highest BCUT2D eigenvalue weighted by atomic mass is 32.1. The molecule has 2 N–H and O–H groups in total. The van der Waals surface area contributed by atoms with E-state index in [-0.39, 0.29) is 24.9 Å². The second kappa shape index (κ2) is 11.2. The van der Waals surface area contributed by atoms with Gasteiger partial charge in [-0.3, -0.25) is 4.79 Å². The first-order valence-corrected chi connectivity index (χ1v) is 10.9. The Morgan fingerprint density at radius 2 is 1.88 bits per heavy atom. The average Bonchev–Trinajstić information content (AvgIpc) is 3.25. The molecule has 0 aliphatic carbocycles. The van der Waals surface area contributed by atoms with E-state index >= 15 is 0 Å². The van der Waals surface area contributed by atoms with Crippen molar-refractivity contribution in [3.8, 4) is 16.3 Å². The lowest BCUT2D eigenvalue weighted by Crippen LogP contribution is -2.37. The molecule has 2 aromatic carbocycles. The minimum atomic E-state index is -0.435. The number of carbonyl (C=O) groups excluding carboxylic acids is 2. The molecule has 168 valence electrons. The van der Waals surface area contributed by atoms with Crippen LogP contribution >= 0.6 is 11.3 Å². The van der Waals surface area contributed by atoms with Crippen molar-refractivity contribution in [2.75, 3.05) is 30.8 Å². The zero-order valence-electron chi connectivity index (χ0n) is 17.8. The molecule has 0 unspecified atom stereocenters. The van der Waals surface area contributed by atoms with Crippen LogP contribution in [0, 0.1) is 5.82 Å². The van der Waals surface area contributed by atoms with Gasteiger partial charge in [-0.25, -0.2) is 9.18 Å². The summed E-state index contributed by atoms with van der Waals surface area (Å²) in [7, 11) is 1.60. The minimum absolute atomic E-state index is 0.0913. The molecule has 3 aromatic rings. The van der Waals surface area contributed by atoms with Crippen molar-refractivity contribution >= 4 is 34.1 Å². The van der Waals surface area contributed by atoms with E-state index in [1.807, 2.05) is 31.2 Å². The predicted molar refractivity (Wildman–Crippen MR) is 122 cm³/mol. The van der Waals surface area contributed by atoms with Crippen LogP contribution in [0.5, 0.6) is 5.75 Å². The van der Waals surface area contributed by atoms with Gasteiger partial charge in [-0.15, -0.1) is 10.2 Å². The van der Waals surface area contributed by atoms with E-state index in [2.05, 4.69) is 20.8 Å². The first-order valence-electron chi connectivity index (χ1n) is 10.1. The molecule has 0 spiro atoms. The smallest absolute Gasteiger partial charge is 0.321 e. The van der Waals surface area contributed by atoms with Crippen LogP contribution in [0.2, 0.25) is 0 Å². The number of halogens is 1. The van der Waals surface area contributed by atoms with Gasteiger partial charge in [0.05, 0.1) is 7.11 Å². The van der Waals surface area contributed by atoms with Gasteiger partial charge in [0, 0.05) is 30.8 Å². The van der Waals surface area contributed by atoms with E-state index in [0.29, 0.717) is 22.4 Å². The first kappa shape index (κ1) is 23.1. The van der Waals surface area contributed by atoms with Crippen LogP contribution in [-0.4, -0.2) is 47.2 Å². The van der Waals surface area contributed by atoms with Crippen molar-refractivity contribution in [1.82, 2.24) is 15.1 Å². The zero-order valence-corrected chi connectivity index (χ0v) is 18.6. The maximum absolute atomic E-state index is 13.3. The molecule has 0 saturated carbocycles. The summed E-state index contributed by atoms with van der Waals surface area (Å²) in [6.07, 6.45) is 0.813. The second-order valence-corrected chi connectivity index (χ2v) is 7.84. The Morgan fingerprint density at radius 1 is 1.09 bits per heavy atom. The number of urea groups is 1. The fourth-order valence-electron chi connectivity index (χ4n) is 2.90. The highest BCUT2D eigenvalue weighted by molar-refractivity contribution is 7.18. The molecular weight excluding hydrogens is 433 g/mol. The molecule has 0 bridgehead atoms. The van der Waals surface area contributed by atoms with E-state index in [0.717, 1.165) is 17.7 Å². The van der Waals surface area contributed by atoms with E-state index in [9.17, 15) is 14.0 Å². The van der Waals surface area contributed by atoms with Crippen molar-refractivity contribution in [1.29, 1.82) is 0 Å². The largest absolute Gasteiger partial charge is 0.497 e. The summed E-state index contributed by atoms with van der Waals surface area (Å²) in [6, 6.07) is 12.7. The lowest BCUT2D eigenvalue weighted by Gasteiger charge is -2.22. The van der Waals surface area contributed by atoms with Gasteiger partial charge in [-0.05, 0) is 48.9 Å². The number of rotatable bonds is 9. The van der Waals surface area contributed by atoms with Gasteiger partial charge in [0.2, 0.25) is 11.0 Å². The summed E-state index contributed by atoms with van der Waals surface area (Å²) in [5, 5.41) is 14.6. The Kier molecular flexibility index (Phi) is 8.09. The summed E-state index contributed by atoms with van der Waals surface area (Å²) in [5.41, 5.74) is 1.23. The summed E-state index contributed by atoms with van der Waals surface area (Å²) in [6.45, 7) is 2.62. The highest BCUT2D eigenvalue weighted by Gasteiger charge is 2.16. The van der Waals surface area contributed by atoms with Crippen LogP contribution in [0.4, 0.5) is 20.0 Å². The molecule has 0 atom stereocenters. The highest BCUT2D eigenvalue weighted by Crippen LogP contribution is 2.27. The Hall–Kier alpha value is -3.53. The molecule has 0 aliphatic rings. The van der Waals surface area contributed by atoms with Crippen LogP contribution in [0.15, 0.2) is 48.5 Å². The number of hydrogen-bond acceptors (Lipinski definition) is 6. The number of amides is 3.